The number of aromatic nitrogens is 2. The molecule has 3 N–H and O–H groups in total. The molecule has 0 saturated heterocycles. The first kappa shape index (κ1) is 26.4. The second-order valence-electron chi connectivity index (χ2n) is 9.30. The summed E-state index contributed by atoms with van der Waals surface area (Å²) < 4.78 is 9.22. The van der Waals surface area contributed by atoms with Crippen molar-refractivity contribution in [3.63, 3.8) is 0 Å². The third kappa shape index (κ3) is 7.65. The zero-order valence-electron chi connectivity index (χ0n) is 20.6. The van der Waals surface area contributed by atoms with Gasteiger partial charge in [0.2, 0.25) is 0 Å². The predicted molar refractivity (Wildman–Crippen MR) is 144 cm³/mol. The Bertz CT molecular complexity index is 1210. The summed E-state index contributed by atoms with van der Waals surface area (Å²) in [6.45, 7) is 7.02. The summed E-state index contributed by atoms with van der Waals surface area (Å²) in [5, 5.41) is 12.8. The van der Waals surface area contributed by atoms with E-state index >= 15 is 0 Å². The van der Waals surface area contributed by atoms with Gasteiger partial charge >= 0.3 is 6.09 Å². The minimum Gasteiger partial charge on any atom is -0.444 e. The van der Waals surface area contributed by atoms with Crippen LogP contribution in [0.5, 0.6) is 0 Å². The lowest BCUT2D eigenvalue weighted by Crippen LogP contribution is -2.32. The number of nitrogens with zero attached hydrogens (tertiary/aromatic N) is 4. The molecule has 0 bridgehead atoms. The number of fused-ring (bicyclic) bond motifs is 3. The molecule has 1 unspecified atom stereocenters. The molecule has 0 aliphatic rings. The zero-order valence-corrected chi connectivity index (χ0v) is 21.8. The number of rotatable bonds is 10. The molecular weight excluding hydrogens is 461 g/mol. The van der Waals surface area contributed by atoms with Crippen LogP contribution in [0.3, 0.4) is 0 Å². The second-order valence-corrected chi connectivity index (χ2v) is 9.56. The summed E-state index contributed by atoms with van der Waals surface area (Å²) in [5.74, 6) is 1.15. The minimum absolute atomic E-state index is 0.334. The van der Waals surface area contributed by atoms with Crippen molar-refractivity contribution in [3.05, 3.63) is 42.2 Å². The Morgan fingerprint density at radius 3 is 2.51 bits per heavy atom. The summed E-state index contributed by atoms with van der Waals surface area (Å²) in [6.07, 6.45) is 8.49. The van der Waals surface area contributed by atoms with Crippen LogP contribution in [-0.2, 0) is 4.74 Å². The van der Waals surface area contributed by atoms with E-state index in [1.54, 1.807) is 6.20 Å². The fraction of sp³-hybridized carbons (Fsp3) is 0.440. The highest BCUT2D eigenvalue weighted by Gasteiger charge is 2.15. The molecule has 35 heavy (non-hydrogen) atoms. The molecule has 3 rings (SSSR count). The van der Waals surface area contributed by atoms with Crippen LogP contribution in [-0.4, -0.2) is 40.6 Å². The van der Waals surface area contributed by atoms with E-state index in [-0.39, 0.29) is 6.09 Å². The normalized spacial score (nSPS) is 12.1. The number of hydrogen-bond donors (Lipinski definition) is 3. The number of carbonyl (C=O) groups excluding carboxylic acids is 1. The number of unbranched alkanes of at least 4 members (excludes halogenated alkanes) is 4. The second kappa shape index (κ2) is 12.5. The molecule has 1 atom stereocenters. The molecule has 1 aromatic carbocycles. The first-order chi connectivity index (χ1) is 16.8. The van der Waals surface area contributed by atoms with Crippen molar-refractivity contribution in [1.82, 2.24) is 15.3 Å². The van der Waals surface area contributed by atoms with Gasteiger partial charge in [0.1, 0.15) is 11.4 Å². The number of nitrogens with one attached hydrogen (secondary N) is 3. The largest absolute Gasteiger partial charge is 0.444 e. The standard InChI is InChI=1S/C25H34N7O2P/c1-25(2,3)34-24(33)29-13-8-6-4-5-7-12-28-23-19-11-14-27-16-20(19)18-10-9-17(15-21(18)30-23)22(31-26)32-35/h9-11,14-16,26H,4-8,12-13,35H2,1-3H3,(H,28,30)(H,29,33). The summed E-state index contributed by atoms with van der Waals surface area (Å²) >= 11 is 0. The van der Waals surface area contributed by atoms with Crippen LogP contribution in [0.15, 0.2) is 46.5 Å². The fourth-order valence-corrected chi connectivity index (χ4v) is 3.99. The number of hydrogen-bond acceptors (Lipinski definition) is 7. The highest BCUT2D eigenvalue weighted by Crippen LogP contribution is 2.29. The number of amidine groups is 1. The Labute approximate surface area is 208 Å². The number of carbonyl (C=O) groups is 1. The van der Waals surface area contributed by atoms with E-state index in [1.165, 1.54) is 0 Å². The van der Waals surface area contributed by atoms with E-state index < -0.39 is 5.60 Å². The van der Waals surface area contributed by atoms with Gasteiger partial charge in [0.15, 0.2) is 5.84 Å². The van der Waals surface area contributed by atoms with Gasteiger partial charge in [-0.1, -0.05) is 31.4 Å². The summed E-state index contributed by atoms with van der Waals surface area (Å²) in [7, 11) is 2.25. The quantitative estimate of drug-likeness (QED) is 0.0767. The van der Waals surface area contributed by atoms with Crippen molar-refractivity contribution in [2.75, 3.05) is 18.4 Å². The van der Waals surface area contributed by atoms with Gasteiger partial charge in [0.05, 0.1) is 5.52 Å². The maximum Gasteiger partial charge on any atom is 0.407 e. The van der Waals surface area contributed by atoms with Gasteiger partial charge in [-0.15, -0.1) is 5.11 Å². The smallest absolute Gasteiger partial charge is 0.407 e. The molecule has 10 heteroatoms. The van der Waals surface area contributed by atoms with E-state index in [1.807, 2.05) is 51.2 Å². The van der Waals surface area contributed by atoms with Crippen molar-refractivity contribution >= 4 is 48.8 Å². The molecule has 9 nitrogen and oxygen atoms in total. The first-order valence-corrected chi connectivity index (χ1v) is 12.4. The van der Waals surface area contributed by atoms with E-state index in [9.17, 15) is 4.79 Å². The molecule has 186 valence electrons. The average molecular weight is 496 g/mol. The van der Waals surface area contributed by atoms with Crippen molar-refractivity contribution in [3.8, 4) is 0 Å². The van der Waals surface area contributed by atoms with Gasteiger partial charge < -0.3 is 15.4 Å². The van der Waals surface area contributed by atoms with Crippen LogP contribution < -0.4 is 10.6 Å². The molecule has 0 fully saturated rings. The van der Waals surface area contributed by atoms with E-state index in [0.29, 0.717) is 12.4 Å². The summed E-state index contributed by atoms with van der Waals surface area (Å²) in [5.41, 5.74) is 8.40. The van der Waals surface area contributed by atoms with Crippen LogP contribution in [0.1, 0.15) is 58.4 Å². The molecule has 0 radical (unpaired) electrons. The Morgan fingerprint density at radius 2 is 1.80 bits per heavy atom. The highest BCUT2D eigenvalue weighted by atomic mass is 31.0. The van der Waals surface area contributed by atoms with Crippen molar-refractivity contribution in [2.45, 2.75) is 58.5 Å². The zero-order chi connectivity index (χ0) is 25.3. The number of benzene rings is 1. The van der Waals surface area contributed by atoms with E-state index in [0.717, 1.165) is 71.7 Å². The van der Waals surface area contributed by atoms with Crippen LogP contribution in [0, 0.1) is 5.53 Å². The molecule has 3 aromatic rings. The Kier molecular flexibility index (Phi) is 9.43. The van der Waals surface area contributed by atoms with Crippen LogP contribution in [0.25, 0.3) is 21.7 Å². The van der Waals surface area contributed by atoms with Crippen molar-refractivity contribution in [1.29, 1.82) is 5.53 Å². The Morgan fingerprint density at radius 1 is 1.06 bits per heavy atom. The topological polar surface area (TPSA) is 125 Å². The number of alkyl carbamates (subject to hydrolysis) is 1. The molecule has 0 aliphatic carbocycles. The predicted octanol–water partition coefficient (Wildman–Crippen LogP) is 6.24. The minimum atomic E-state index is -0.468. The maximum atomic E-state index is 11.7. The Balaban J connectivity index is 1.52. The number of amides is 1. The maximum absolute atomic E-state index is 11.7. The number of ether oxygens (including phenoxy) is 1. The van der Waals surface area contributed by atoms with Gasteiger partial charge in [0, 0.05) is 47.2 Å². The highest BCUT2D eigenvalue weighted by molar-refractivity contribution is 7.15. The van der Waals surface area contributed by atoms with Gasteiger partial charge in [-0.3, -0.25) is 4.98 Å². The van der Waals surface area contributed by atoms with Gasteiger partial charge in [-0.25, -0.2) is 20.1 Å². The van der Waals surface area contributed by atoms with Crippen molar-refractivity contribution in [2.24, 2.45) is 9.88 Å². The molecule has 2 aromatic heterocycles. The summed E-state index contributed by atoms with van der Waals surface area (Å²) in [6, 6.07) is 7.75. The van der Waals surface area contributed by atoms with Gasteiger partial charge in [0.25, 0.3) is 0 Å². The molecule has 0 saturated carbocycles. The Hall–Kier alpha value is -3.19. The van der Waals surface area contributed by atoms with Crippen molar-refractivity contribution < 1.29 is 9.53 Å². The fourth-order valence-electron chi connectivity index (χ4n) is 3.78. The van der Waals surface area contributed by atoms with E-state index in [2.05, 4.69) is 34.9 Å². The monoisotopic (exact) mass is 495 g/mol. The average Bonchev–Trinajstić information content (AvgIpc) is 2.82. The third-order valence-electron chi connectivity index (χ3n) is 5.40. The van der Waals surface area contributed by atoms with Crippen LogP contribution in [0.4, 0.5) is 10.6 Å². The lowest BCUT2D eigenvalue weighted by molar-refractivity contribution is 0.0527. The molecule has 2 heterocycles. The third-order valence-corrected chi connectivity index (χ3v) is 5.64. The SMILES string of the molecule is CC(C)(C)OC(=O)NCCCCCCCNc1nc2cc(C(N=N)=NP)ccc2c2cnccc12. The molecule has 0 aliphatic heterocycles. The number of anilines is 1. The van der Waals surface area contributed by atoms with E-state index in [4.69, 9.17) is 15.3 Å². The summed E-state index contributed by atoms with van der Waals surface area (Å²) in [4.78, 5) is 20.8. The van der Waals surface area contributed by atoms with Gasteiger partial charge in [-0.2, -0.15) is 0 Å². The number of pyridine rings is 2. The molecule has 0 spiro atoms. The first-order valence-electron chi connectivity index (χ1n) is 11.9. The lowest BCUT2D eigenvalue weighted by atomic mass is 10.1. The van der Waals surface area contributed by atoms with Crippen LogP contribution in [0.2, 0.25) is 0 Å². The van der Waals surface area contributed by atoms with Crippen LogP contribution >= 0.6 is 9.39 Å². The molecular formula is C25H34N7O2P. The lowest BCUT2D eigenvalue weighted by Gasteiger charge is -2.19. The molecule has 1 amide bonds. The van der Waals surface area contributed by atoms with Gasteiger partial charge in [-0.05, 0) is 55.1 Å².